The standard InChI is InChI=1S/C27H26N2O2/c1-15(2)12-24(31)25-17(4)29-16(3)22(14-28)27(25)21-11-7-10-20-23(30)13-18-8-5-6-9-19(18)26(20)21/h5-11,15,27,29H,12-13H2,1-4H3. The van der Waals surface area contributed by atoms with Gasteiger partial charge in [-0.05, 0) is 42.0 Å². The van der Waals surface area contributed by atoms with Crippen LogP contribution in [0.15, 0.2) is 65.0 Å². The molecule has 2 aromatic carbocycles. The maximum atomic E-state index is 13.4. The van der Waals surface area contributed by atoms with Gasteiger partial charge in [0.15, 0.2) is 11.6 Å². The summed E-state index contributed by atoms with van der Waals surface area (Å²) in [5.41, 5.74) is 7.04. The minimum Gasteiger partial charge on any atom is -0.362 e. The molecule has 1 N–H and O–H groups in total. The molecule has 0 radical (unpaired) electrons. The number of hydrogen-bond acceptors (Lipinski definition) is 4. The number of nitriles is 1. The van der Waals surface area contributed by atoms with Crippen LogP contribution in [0.1, 0.15) is 61.5 Å². The van der Waals surface area contributed by atoms with E-state index in [9.17, 15) is 14.9 Å². The molecule has 2 aliphatic rings. The molecule has 4 rings (SSSR count). The van der Waals surface area contributed by atoms with Gasteiger partial charge in [-0.15, -0.1) is 0 Å². The third kappa shape index (κ3) is 3.51. The molecular formula is C27H26N2O2. The van der Waals surface area contributed by atoms with E-state index >= 15 is 0 Å². The highest BCUT2D eigenvalue weighted by Gasteiger charge is 2.36. The summed E-state index contributed by atoms with van der Waals surface area (Å²) in [4.78, 5) is 26.3. The molecule has 1 aliphatic heterocycles. The molecule has 0 aromatic heterocycles. The number of ketones is 2. The highest BCUT2D eigenvalue weighted by Crippen LogP contribution is 2.46. The van der Waals surface area contributed by atoms with Gasteiger partial charge in [0.05, 0.1) is 17.6 Å². The number of hydrogen-bond donors (Lipinski definition) is 1. The van der Waals surface area contributed by atoms with E-state index in [1.807, 2.05) is 70.2 Å². The van der Waals surface area contributed by atoms with Crippen LogP contribution in [0.3, 0.4) is 0 Å². The fraction of sp³-hybridized carbons (Fsp3) is 0.296. The Balaban J connectivity index is 2.01. The lowest BCUT2D eigenvalue weighted by Gasteiger charge is -2.32. The zero-order valence-corrected chi connectivity index (χ0v) is 18.4. The highest BCUT2D eigenvalue weighted by molar-refractivity contribution is 6.09. The SMILES string of the molecule is CC1=C(C#N)C(c2cccc3c2-c2ccccc2CC3=O)C(C(=O)CC(C)C)=C(C)N1. The van der Waals surface area contributed by atoms with Crippen LogP contribution >= 0.6 is 0 Å². The maximum Gasteiger partial charge on any atom is 0.167 e. The van der Waals surface area contributed by atoms with Crippen LogP contribution in [0.5, 0.6) is 0 Å². The molecule has 1 unspecified atom stereocenters. The van der Waals surface area contributed by atoms with E-state index in [1.54, 1.807) is 0 Å². The average Bonchev–Trinajstić information content (AvgIpc) is 2.72. The molecule has 4 heteroatoms. The van der Waals surface area contributed by atoms with Gasteiger partial charge in [-0.25, -0.2) is 0 Å². The first-order chi connectivity index (χ1) is 14.8. The van der Waals surface area contributed by atoms with Crippen LogP contribution in [0.4, 0.5) is 0 Å². The van der Waals surface area contributed by atoms with Gasteiger partial charge in [-0.3, -0.25) is 9.59 Å². The Morgan fingerprint density at radius 1 is 1.10 bits per heavy atom. The fourth-order valence-electron chi connectivity index (χ4n) is 4.83. The van der Waals surface area contributed by atoms with E-state index in [0.29, 0.717) is 29.6 Å². The number of benzene rings is 2. The van der Waals surface area contributed by atoms with Crippen LogP contribution in [0.25, 0.3) is 11.1 Å². The van der Waals surface area contributed by atoms with Gasteiger partial charge in [-0.1, -0.05) is 56.3 Å². The Kier molecular flexibility index (Phi) is 5.37. The molecule has 0 saturated heterocycles. The first-order valence-electron chi connectivity index (χ1n) is 10.7. The molecule has 1 atom stereocenters. The average molecular weight is 411 g/mol. The van der Waals surface area contributed by atoms with E-state index < -0.39 is 5.92 Å². The van der Waals surface area contributed by atoms with Gasteiger partial charge in [-0.2, -0.15) is 5.26 Å². The second-order valence-electron chi connectivity index (χ2n) is 8.80. The normalized spacial score (nSPS) is 17.8. The van der Waals surface area contributed by atoms with Crippen molar-refractivity contribution in [3.05, 3.63) is 81.7 Å². The molecular weight excluding hydrogens is 384 g/mol. The molecule has 0 fully saturated rings. The summed E-state index contributed by atoms with van der Waals surface area (Å²) in [5, 5.41) is 13.3. The molecule has 4 nitrogen and oxygen atoms in total. The monoisotopic (exact) mass is 410 g/mol. The second kappa shape index (κ2) is 8.00. The number of nitrogens with zero attached hydrogens (tertiary/aromatic N) is 1. The van der Waals surface area contributed by atoms with Crippen molar-refractivity contribution in [3.8, 4) is 17.2 Å². The summed E-state index contributed by atoms with van der Waals surface area (Å²) in [6, 6.07) is 16.0. The van der Waals surface area contributed by atoms with Crippen LogP contribution in [-0.2, 0) is 11.2 Å². The number of nitrogens with one attached hydrogen (secondary N) is 1. The molecule has 31 heavy (non-hydrogen) atoms. The lowest BCUT2D eigenvalue weighted by atomic mass is 9.72. The first kappa shape index (κ1) is 20.8. The van der Waals surface area contributed by atoms with Crippen molar-refractivity contribution in [1.82, 2.24) is 5.32 Å². The van der Waals surface area contributed by atoms with Gasteiger partial charge in [0, 0.05) is 35.4 Å². The minimum absolute atomic E-state index is 0.0401. The summed E-state index contributed by atoms with van der Waals surface area (Å²) in [5.74, 6) is -0.179. The minimum atomic E-state index is -0.494. The number of rotatable bonds is 4. The molecule has 0 bridgehead atoms. The number of fused-ring (bicyclic) bond motifs is 3. The first-order valence-corrected chi connectivity index (χ1v) is 10.7. The number of carbonyl (C=O) groups is 2. The second-order valence-corrected chi connectivity index (χ2v) is 8.80. The van der Waals surface area contributed by atoms with Gasteiger partial charge < -0.3 is 5.32 Å². The van der Waals surface area contributed by atoms with Crippen molar-refractivity contribution in [2.45, 2.75) is 46.5 Å². The summed E-state index contributed by atoms with van der Waals surface area (Å²) >= 11 is 0. The zero-order chi connectivity index (χ0) is 22.3. The van der Waals surface area contributed by atoms with Crippen molar-refractivity contribution in [3.63, 3.8) is 0 Å². The summed E-state index contributed by atoms with van der Waals surface area (Å²) in [6.07, 6.45) is 0.778. The third-order valence-electron chi connectivity index (χ3n) is 6.12. The van der Waals surface area contributed by atoms with Crippen LogP contribution < -0.4 is 5.32 Å². The lowest BCUT2D eigenvalue weighted by Crippen LogP contribution is -2.29. The summed E-state index contributed by atoms with van der Waals surface area (Å²) in [6.45, 7) is 7.80. The fourth-order valence-corrected chi connectivity index (χ4v) is 4.83. The summed E-state index contributed by atoms with van der Waals surface area (Å²) < 4.78 is 0. The predicted molar refractivity (Wildman–Crippen MR) is 121 cm³/mol. The van der Waals surface area contributed by atoms with Crippen LogP contribution in [0.2, 0.25) is 0 Å². The zero-order valence-electron chi connectivity index (χ0n) is 18.4. The molecule has 1 aliphatic carbocycles. The van der Waals surface area contributed by atoms with E-state index in [2.05, 4.69) is 11.4 Å². The van der Waals surface area contributed by atoms with E-state index in [-0.39, 0.29) is 17.5 Å². The smallest absolute Gasteiger partial charge is 0.167 e. The van der Waals surface area contributed by atoms with Gasteiger partial charge in [0.2, 0.25) is 0 Å². The van der Waals surface area contributed by atoms with E-state index in [0.717, 1.165) is 33.6 Å². The van der Waals surface area contributed by atoms with Crippen LogP contribution in [0, 0.1) is 17.2 Å². The van der Waals surface area contributed by atoms with Gasteiger partial charge >= 0.3 is 0 Å². The van der Waals surface area contributed by atoms with Gasteiger partial charge in [0.1, 0.15) is 0 Å². The largest absolute Gasteiger partial charge is 0.362 e. The molecule has 2 aromatic rings. The Morgan fingerprint density at radius 2 is 1.81 bits per heavy atom. The van der Waals surface area contributed by atoms with Crippen molar-refractivity contribution < 1.29 is 9.59 Å². The van der Waals surface area contributed by atoms with E-state index in [1.165, 1.54) is 0 Å². The van der Waals surface area contributed by atoms with Crippen LogP contribution in [-0.4, -0.2) is 11.6 Å². The van der Waals surface area contributed by atoms with Crippen molar-refractivity contribution in [1.29, 1.82) is 5.26 Å². The molecule has 0 saturated carbocycles. The molecule has 0 amide bonds. The van der Waals surface area contributed by atoms with Crippen molar-refractivity contribution in [2.75, 3.05) is 0 Å². The number of carbonyl (C=O) groups excluding carboxylic acids is 2. The molecule has 156 valence electrons. The van der Waals surface area contributed by atoms with Gasteiger partial charge in [0.25, 0.3) is 0 Å². The molecule has 1 heterocycles. The number of allylic oxidation sites excluding steroid dienone is 4. The Hall–Kier alpha value is -3.45. The highest BCUT2D eigenvalue weighted by atomic mass is 16.1. The van der Waals surface area contributed by atoms with Crippen molar-refractivity contribution >= 4 is 11.6 Å². The van der Waals surface area contributed by atoms with E-state index in [4.69, 9.17) is 0 Å². The quantitative estimate of drug-likeness (QED) is 0.726. The topological polar surface area (TPSA) is 70.0 Å². The summed E-state index contributed by atoms with van der Waals surface area (Å²) in [7, 11) is 0. The number of dihydropyridines is 1. The Morgan fingerprint density at radius 3 is 2.52 bits per heavy atom. The Labute approximate surface area is 183 Å². The maximum absolute atomic E-state index is 13.4. The number of Topliss-reactive ketones (excluding diaryl/α,β-unsaturated/α-hetero) is 2. The third-order valence-corrected chi connectivity index (χ3v) is 6.12. The predicted octanol–water partition coefficient (Wildman–Crippen LogP) is 5.47. The van der Waals surface area contributed by atoms with Crippen molar-refractivity contribution in [2.24, 2.45) is 5.92 Å². The lowest BCUT2D eigenvalue weighted by molar-refractivity contribution is -0.116. The molecule has 0 spiro atoms. The Bertz CT molecular complexity index is 1210.